The number of phenols is 1. The maximum absolute atomic E-state index is 9.30. The van der Waals surface area contributed by atoms with Crippen LogP contribution in [0.3, 0.4) is 0 Å². The van der Waals surface area contributed by atoms with Gasteiger partial charge in [-0.25, -0.2) is 0 Å². The van der Waals surface area contributed by atoms with Crippen LogP contribution in [0.4, 0.5) is 0 Å². The molecule has 2 unspecified atom stereocenters. The zero-order chi connectivity index (χ0) is 15.2. The Balaban J connectivity index is 1.82. The van der Waals surface area contributed by atoms with Crippen molar-refractivity contribution in [3.05, 3.63) is 64.1 Å². The Morgan fingerprint density at radius 2 is 1.29 bits per heavy atom. The SMILES string of the molecule is CC(Cc1ccc(O)cc1)NC(C)Cc1ccc(Br)cc1. The Bertz CT molecular complexity index is 499. The van der Waals surface area contributed by atoms with Gasteiger partial charge < -0.3 is 10.4 Å². The van der Waals surface area contributed by atoms with Crippen LogP contribution in [0.5, 0.6) is 5.75 Å². The molecule has 0 saturated heterocycles. The van der Waals surface area contributed by atoms with E-state index in [4.69, 9.17) is 0 Å². The summed E-state index contributed by atoms with van der Waals surface area (Å²) in [6, 6.07) is 16.8. The minimum atomic E-state index is 0.322. The number of phenolic OH excluding ortho intramolecular Hbond substituents is 1. The van der Waals surface area contributed by atoms with Crippen LogP contribution in [-0.4, -0.2) is 17.2 Å². The molecule has 0 aliphatic rings. The summed E-state index contributed by atoms with van der Waals surface area (Å²) in [5, 5.41) is 12.9. The highest BCUT2D eigenvalue weighted by atomic mass is 79.9. The van der Waals surface area contributed by atoms with Crippen LogP contribution < -0.4 is 5.32 Å². The van der Waals surface area contributed by atoms with Crippen LogP contribution in [0.2, 0.25) is 0 Å². The molecule has 112 valence electrons. The predicted molar refractivity (Wildman–Crippen MR) is 91.7 cm³/mol. The second-order valence-corrected chi connectivity index (χ2v) is 6.59. The van der Waals surface area contributed by atoms with E-state index < -0.39 is 0 Å². The lowest BCUT2D eigenvalue weighted by Gasteiger charge is -2.20. The molecule has 2 aromatic rings. The molecule has 0 aliphatic heterocycles. The quantitative estimate of drug-likeness (QED) is 0.816. The summed E-state index contributed by atoms with van der Waals surface area (Å²) in [6.45, 7) is 4.42. The molecule has 0 amide bonds. The standard InChI is InChI=1S/C18H22BrNO/c1-13(11-15-3-7-17(19)8-4-15)20-14(2)12-16-5-9-18(21)10-6-16/h3-10,13-14,20-21H,11-12H2,1-2H3. The van der Waals surface area contributed by atoms with Crippen molar-refractivity contribution in [2.75, 3.05) is 0 Å². The summed E-state index contributed by atoms with van der Waals surface area (Å²) in [5.41, 5.74) is 2.58. The van der Waals surface area contributed by atoms with Gasteiger partial charge >= 0.3 is 0 Å². The maximum Gasteiger partial charge on any atom is 0.115 e. The molecule has 0 bridgehead atoms. The normalized spacial score (nSPS) is 13.9. The number of aromatic hydroxyl groups is 1. The average molecular weight is 348 g/mol. The van der Waals surface area contributed by atoms with E-state index in [0.717, 1.165) is 17.3 Å². The van der Waals surface area contributed by atoms with Crippen LogP contribution in [0, 0.1) is 0 Å². The molecule has 2 N–H and O–H groups in total. The Labute approximate surface area is 135 Å². The molecule has 0 aromatic heterocycles. The van der Waals surface area contributed by atoms with E-state index in [9.17, 15) is 5.11 Å². The van der Waals surface area contributed by atoms with Gasteiger partial charge in [0.1, 0.15) is 5.75 Å². The van der Waals surface area contributed by atoms with E-state index in [-0.39, 0.29) is 0 Å². The fourth-order valence-corrected chi connectivity index (χ4v) is 2.83. The van der Waals surface area contributed by atoms with Crippen LogP contribution >= 0.6 is 15.9 Å². The summed E-state index contributed by atoms with van der Waals surface area (Å²) < 4.78 is 1.12. The van der Waals surface area contributed by atoms with Crippen molar-refractivity contribution in [2.45, 2.75) is 38.8 Å². The lowest BCUT2D eigenvalue weighted by Crippen LogP contribution is -2.37. The molecule has 0 saturated carbocycles. The highest BCUT2D eigenvalue weighted by molar-refractivity contribution is 9.10. The third kappa shape index (κ3) is 5.52. The van der Waals surface area contributed by atoms with E-state index >= 15 is 0 Å². The minimum Gasteiger partial charge on any atom is -0.508 e. The van der Waals surface area contributed by atoms with Gasteiger partial charge in [0.05, 0.1) is 0 Å². The molecule has 2 atom stereocenters. The van der Waals surface area contributed by atoms with Gasteiger partial charge in [0.25, 0.3) is 0 Å². The number of hydrogen-bond donors (Lipinski definition) is 2. The van der Waals surface area contributed by atoms with Gasteiger partial charge in [-0.2, -0.15) is 0 Å². The van der Waals surface area contributed by atoms with Crippen molar-refractivity contribution in [3.63, 3.8) is 0 Å². The topological polar surface area (TPSA) is 32.3 Å². The monoisotopic (exact) mass is 347 g/mol. The summed E-state index contributed by atoms with van der Waals surface area (Å²) in [7, 11) is 0. The number of hydrogen-bond acceptors (Lipinski definition) is 2. The lowest BCUT2D eigenvalue weighted by molar-refractivity contribution is 0.460. The van der Waals surface area contributed by atoms with Crippen molar-refractivity contribution in [3.8, 4) is 5.75 Å². The van der Waals surface area contributed by atoms with Crippen LogP contribution in [0.1, 0.15) is 25.0 Å². The molecule has 3 heteroatoms. The number of halogens is 1. The summed E-state index contributed by atoms with van der Waals surface area (Å²) in [6.07, 6.45) is 1.98. The van der Waals surface area contributed by atoms with E-state index in [2.05, 4.69) is 59.4 Å². The molecule has 2 nitrogen and oxygen atoms in total. The van der Waals surface area contributed by atoms with Crippen molar-refractivity contribution in [2.24, 2.45) is 0 Å². The first-order valence-corrected chi connectivity index (χ1v) is 8.10. The molecule has 0 aliphatic carbocycles. The zero-order valence-corrected chi connectivity index (χ0v) is 14.1. The molecule has 0 fully saturated rings. The van der Waals surface area contributed by atoms with Crippen LogP contribution in [0.25, 0.3) is 0 Å². The number of nitrogens with one attached hydrogen (secondary N) is 1. The first-order valence-electron chi connectivity index (χ1n) is 7.31. The maximum atomic E-state index is 9.30. The van der Waals surface area contributed by atoms with Crippen LogP contribution in [0.15, 0.2) is 53.0 Å². The van der Waals surface area contributed by atoms with Crippen molar-refractivity contribution in [1.82, 2.24) is 5.32 Å². The molecule has 0 spiro atoms. The van der Waals surface area contributed by atoms with E-state index in [1.165, 1.54) is 11.1 Å². The molecule has 21 heavy (non-hydrogen) atoms. The number of rotatable bonds is 6. The fraction of sp³-hybridized carbons (Fsp3) is 0.333. The molecule has 0 radical (unpaired) electrons. The Morgan fingerprint density at radius 3 is 1.76 bits per heavy atom. The lowest BCUT2D eigenvalue weighted by atomic mass is 10.0. The minimum absolute atomic E-state index is 0.322. The summed E-state index contributed by atoms with van der Waals surface area (Å²) in [5.74, 6) is 0.322. The van der Waals surface area contributed by atoms with Crippen molar-refractivity contribution < 1.29 is 5.11 Å². The average Bonchev–Trinajstić information content (AvgIpc) is 2.44. The Hall–Kier alpha value is -1.32. The third-order valence-electron chi connectivity index (χ3n) is 3.50. The first kappa shape index (κ1) is 16.1. The summed E-state index contributed by atoms with van der Waals surface area (Å²) >= 11 is 3.46. The Kier molecular flexibility index (Phi) is 5.83. The smallest absolute Gasteiger partial charge is 0.115 e. The van der Waals surface area contributed by atoms with Crippen molar-refractivity contribution >= 4 is 15.9 Å². The van der Waals surface area contributed by atoms with Gasteiger partial charge in [-0.3, -0.25) is 0 Å². The van der Waals surface area contributed by atoms with Gasteiger partial charge in [-0.05, 0) is 62.1 Å². The second kappa shape index (κ2) is 7.62. The van der Waals surface area contributed by atoms with Crippen molar-refractivity contribution in [1.29, 1.82) is 0 Å². The fourth-order valence-electron chi connectivity index (χ4n) is 2.56. The van der Waals surface area contributed by atoms with Gasteiger partial charge in [0.2, 0.25) is 0 Å². The van der Waals surface area contributed by atoms with Gasteiger partial charge in [-0.1, -0.05) is 40.2 Å². The van der Waals surface area contributed by atoms with Gasteiger partial charge in [0.15, 0.2) is 0 Å². The Morgan fingerprint density at radius 1 is 0.857 bits per heavy atom. The van der Waals surface area contributed by atoms with E-state index in [0.29, 0.717) is 17.8 Å². The third-order valence-corrected chi connectivity index (χ3v) is 4.03. The first-order chi connectivity index (χ1) is 10.0. The van der Waals surface area contributed by atoms with Gasteiger partial charge in [-0.15, -0.1) is 0 Å². The highest BCUT2D eigenvalue weighted by Crippen LogP contribution is 2.13. The number of benzene rings is 2. The molecule has 2 rings (SSSR count). The predicted octanol–water partition coefficient (Wildman–Crippen LogP) is 4.31. The zero-order valence-electron chi connectivity index (χ0n) is 12.5. The highest BCUT2D eigenvalue weighted by Gasteiger charge is 2.09. The molecule has 0 heterocycles. The largest absolute Gasteiger partial charge is 0.508 e. The van der Waals surface area contributed by atoms with Crippen LogP contribution in [-0.2, 0) is 12.8 Å². The molecular formula is C18H22BrNO. The summed E-state index contributed by atoms with van der Waals surface area (Å²) in [4.78, 5) is 0. The van der Waals surface area contributed by atoms with Gasteiger partial charge in [0, 0.05) is 16.6 Å². The van der Waals surface area contributed by atoms with E-state index in [1.807, 2.05) is 12.1 Å². The van der Waals surface area contributed by atoms with E-state index in [1.54, 1.807) is 12.1 Å². The second-order valence-electron chi connectivity index (χ2n) is 5.67. The molecular weight excluding hydrogens is 326 g/mol. The molecule has 2 aromatic carbocycles.